The zero-order chi connectivity index (χ0) is 20.8. The summed E-state index contributed by atoms with van der Waals surface area (Å²) < 4.78 is 5.66. The van der Waals surface area contributed by atoms with E-state index in [0.717, 1.165) is 5.56 Å². The molecule has 2 aromatic heterocycles. The maximum atomic E-state index is 12.3. The van der Waals surface area contributed by atoms with Gasteiger partial charge in [-0.05, 0) is 29.8 Å². The van der Waals surface area contributed by atoms with Crippen molar-refractivity contribution < 1.29 is 18.8 Å². The van der Waals surface area contributed by atoms with Gasteiger partial charge in [0.25, 0.3) is 0 Å². The first-order valence-corrected chi connectivity index (χ1v) is 9.72. The Morgan fingerprint density at radius 3 is 2.45 bits per heavy atom. The molecule has 3 N–H and O–H groups in total. The summed E-state index contributed by atoms with van der Waals surface area (Å²) in [6, 6.07) is 10.6. The van der Waals surface area contributed by atoms with Crippen molar-refractivity contribution in [2.45, 2.75) is 26.8 Å². The second-order valence-corrected chi connectivity index (χ2v) is 7.17. The summed E-state index contributed by atoms with van der Waals surface area (Å²) in [6.45, 7) is 3.19. The molecular weight excluding hydrogens is 392 g/mol. The molecule has 0 spiro atoms. The van der Waals surface area contributed by atoms with Crippen LogP contribution in [0.2, 0.25) is 0 Å². The molecule has 0 bridgehead atoms. The van der Waals surface area contributed by atoms with Crippen LogP contribution in [0.3, 0.4) is 0 Å². The Balaban J connectivity index is 1.56. The van der Waals surface area contributed by atoms with Crippen LogP contribution in [0.4, 0.5) is 10.8 Å². The second-order valence-electron chi connectivity index (χ2n) is 6.32. The third-order valence-corrected chi connectivity index (χ3v) is 4.57. The predicted octanol–water partition coefficient (Wildman–Crippen LogP) is 3.18. The van der Waals surface area contributed by atoms with E-state index >= 15 is 0 Å². The number of carbonyl (C=O) groups excluding carboxylic acids is 3. The highest BCUT2D eigenvalue weighted by molar-refractivity contribution is 7.14. The Labute approximate surface area is 171 Å². The van der Waals surface area contributed by atoms with E-state index in [1.807, 2.05) is 0 Å². The maximum Gasteiger partial charge on any atom is 0.230 e. The fraction of sp³-hybridized carbons (Fsp3) is 0.200. The molecule has 150 valence electrons. The van der Waals surface area contributed by atoms with E-state index in [2.05, 4.69) is 20.9 Å². The summed E-state index contributed by atoms with van der Waals surface area (Å²) in [7, 11) is 0. The zero-order valence-corrected chi connectivity index (χ0v) is 16.8. The van der Waals surface area contributed by atoms with Crippen LogP contribution < -0.4 is 16.0 Å². The van der Waals surface area contributed by atoms with Gasteiger partial charge in [-0.3, -0.25) is 14.4 Å². The highest BCUT2D eigenvalue weighted by Gasteiger charge is 2.12. The summed E-state index contributed by atoms with van der Waals surface area (Å²) in [4.78, 5) is 38.7. The molecule has 3 rings (SSSR count). The van der Waals surface area contributed by atoms with Gasteiger partial charge < -0.3 is 20.4 Å². The summed E-state index contributed by atoms with van der Waals surface area (Å²) in [5.41, 5.74) is 2.11. The summed E-state index contributed by atoms with van der Waals surface area (Å²) in [5, 5.41) is 10.4. The van der Waals surface area contributed by atoms with Gasteiger partial charge in [0.15, 0.2) is 10.9 Å². The van der Waals surface area contributed by atoms with Crippen LogP contribution >= 0.6 is 11.3 Å². The van der Waals surface area contributed by atoms with Crippen LogP contribution in [-0.2, 0) is 27.3 Å². The lowest BCUT2D eigenvalue weighted by Crippen LogP contribution is -2.18. The fourth-order valence-corrected chi connectivity index (χ4v) is 3.24. The molecule has 3 aromatic rings. The van der Waals surface area contributed by atoms with Gasteiger partial charge in [-0.15, -0.1) is 11.3 Å². The number of thiazole rings is 1. The number of rotatable bonds is 7. The number of nitrogens with zero attached hydrogens (tertiary/aromatic N) is 1. The van der Waals surface area contributed by atoms with Crippen molar-refractivity contribution in [1.82, 2.24) is 10.3 Å². The fourth-order valence-electron chi connectivity index (χ4n) is 2.52. The van der Waals surface area contributed by atoms with Gasteiger partial charge in [0, 0.05) is 24.9 Å². The van der Waals surface area contributed by atoms with Gasteiger partial charge in [-0.25, -0.2) is 4.98 Å². The van der Waals surface area contributed by atoms with Crippen molar-refractivity contribution in [1.29, 1.82) is 0 Å². The highest BCUT2D eigenvalue weighted by Crippen LogP contribution is 2.26. The Hall–Kier alpha value is -3.46. The van der Waals surface area contributed by atoms with Gasteiger partial charge in [-0.2, -0.15) is 0 Å². The molecule has 0 fully saturated rings. The van der Waals surface area contributed by atoms with E-state index < -0.39 is 0 Å². The number of aromatic nitrogens is 1. The van der Waals surface area contributed by atoms with Crippen LogP contribution in [0.15, 0.2) is 46.2 Å². The molecular formula is C20H20N4O4S. The Morgan fingerprint density at radius 1 is 1.00 bits per heavy atom. The molecule has 0 saturated heterocycles. The van der Waals surface area contributed by atoms with Crippen molar-refractivity contribution in [3.63, 3.8) is 0 Å². The summed E-state index contributed by atoms with van der Waals surface area (Å²) in [6.07, 6.45) is 0.191. The number of nitrogens with one attached hydrogen (secondary N) is 3. The normalized spacial score (nSPS) is 10.4. The van der Waals surface area contributed by atoms with Gasteiger partial charge in [0.2, 0.25) is 17.7 Å². The molecule has 9 heteroatoms. The number of anilines is 2. The first-order chi connectivity index (χ1) is 13.9. The molecule has 0 radical (unpaired) electrons. The van der Waals surface area contributed by atoms with Crippen LogP contribution in [0.25, 0.3) is 11.5 Å². The topological polar surface area (TPSA) is 113 Å². The van der Waals surface area contributed by atoms with Crippen molar-refractivity contribution in [2.24, 2.45) is 0 Å². The first-order valence-electron chi connectivity index (χ1n) is 8.84. The largest absolute Gasteiger partial charge is 0.458 e. The molecule has 3 amide bonds. The Morgan fingerprint density at radius 2 is 1.76 bits per heavy atom. The minimum absolute atomic E-state index is 0.133. The number of benzene rings is 1. The Kier molecular flexibility index (Phi) is 6.40. The number of carbonyl (C=O) groups is 3. The first kappa shape index (κ1) is 20.3. The smallest absolute Gasteiger partial charge is 0.230 e. The summed E-state index contributed by atoms with van der Waals surface area (Å²) in [5.74, 6) is 0.719. The third-order valence-electron chi connectivity index (χ3n) is 3.82. The van der Waals surface area contributed by atoms with Crippen molar-refractivity contribution >= 4 is 39.9 Å². The standard InChI is InChI=1S/C20H20N4O4S/c1-12(25)21-10-16-7-8-18(28-16)17-11-29-20(23-17)24-19(27)9-14-3-5-15(6-4-14)22-13(2)26/h3-8,11H,9-10H2,1-2H3,(H,21,25)(H,22,26)(H,23,24,27). The zero-order valence-electron chi connectivity index (χ0n) is 15.9. The maximum absolute atomic E-state index is 12.3. The minimum Gasteiger partial charge on any atom is -0.458 e. The van der Waals surface area contributed by atoms with Crippen molar-refractivity contribution in [3.8, 4) is 11.5 Å². The number of furan rings is 1. The molecule has 2 heterocycles. The lowest BCUT2D eigenvalue weighted by atomic mass is 10.1. The van der Waals surface area contributed by atoms with Crippen LogP contribution in [0.5, 0.6) is 0 Å². The van der Waals surface area contributed by atoms with Crippen LogP contribution in [0, 0.1) is 0 Å². The molecule has 0 aliphatic carbocycles. The van der Waals surface area contributed by atoms with Gasteiger partial charge in [-0.1, -0.05) is 12.1 Å². The third kappa shape index (κ3) is 6.01. The molecule has 0 atom stereocenters. The average molecular weight is 412 g/mol. The van der Waals surface area contributed by atoms with E-state index in [9.17, 15) is 14.4 Å². The van der Waals surface area contributed by atoms with Crippen molar-refractivity contribution in [3.05, 3.63) is 53.1 Å². The lowest BCUT2D eigenvalue weighted by Gasteiger charge is -2.05. The molecule has 8 nitrogen and oxygen atoms in total. The van der Waals surface area contributed by atoms with Gasteiger partial charge >= 0.3 is 0 Å². The SMILES string of the molecule is CC(=O)NCc1ccc(-c2csc(NC(=O)Cc3ccc(NC(C)=O)cc3)n2)o1. The van der Waals surface area contributed by atoms with Crippen molar-refractivity contribution in [2.75, 3.05) is 10.6 Å². The van der Waals surface area contributed by atoms with E-state index in [4.69, 9.17) is 4.42 Å². The predicted molar refractivity (Wildman–Crippen MR) is 110 cm³/mol. The van der Waals surface area contributed by atoms with Gasteiger partial charge in [0.1, 0.15) is 11.5 Å². The molecule has 29 heavy (non-hydrogen) atoms. The number of hydrogen-bond acceptors (Lipinski definition) is 6. The second kappa shape index (κ2) is 9.16. The van der Waals surface area contributed by atoms with E-state index in [1.54, 1.807) is 41.8 Å². The lowest BCUT2D eigenvalue weighted by molar-refractivity contribution is -0.119. The molecule has 0 aliphatic heterocycles. The van der Waals surface area contributed by atoms with E-state index in [0.29, 0.717) is 34.6 Å². The monoisotopic (exact) mass is 412 g/mol. The highest BCUT2D eigenvalue weighted by atomic mass is 32.1. The van der Waals surface area contributed by atoms with Crippen LogP contribution in [-0.4, -0.2) is 22.7 Å². The van der Waals surface area contributed by atoms with E-state index in [-0.39, 0.29) is 24.1 Å². The Bertz CT molecular complexity index is 1020. The molecule has 0 aliphatic rings. The molecule has 0 saturated carbocycles. The quantitative estimate of drug-likeness (QED) is 0.552. The summed E-state index contributed by atoms with van der Waals surface area (Å²) >= 11 is 1.30. The van der Waals surface area contributed by atoms with Crippen LogP contribution in [0.1, 0.15) is 25.2 Å². The number of hydrogen-bond donors (Lipinski definition) is 3. The molecule has 1 aromatic carbocycles. The average Bonchev–Trinajstić information content (AvgIpc) is 3.30. The minimum atomic E-state index is -0.191. The molecule has 0 unspecified atom stereocenters. The van der Waals surface area contributed by atoms with E-state index in [1.165, 1.54) is 25.2 Å². The van der Waals surface area contributed by atoms with Gasteiger partial charge in [0.05, 0.1) is 13.0 Å². The number of amides is 3.